The van der Waals surface area contributed by atoms with Crippen LogP contribution in [0, 0.1) is 0 Å². The lowest BCUT2D eigenvalue weighted by atomic mass is 10.0. The van der Waals surface area contributed by atoms with E-state index in [-0.39, 0.29) is 5.91 Å². The zero-order valence-electron chi connectivity index (χ0n) is 15.3. The Morgan fingerprint density at radius 1 is 1.08 bits per heavy atom. The van der Waals surface area contributed by atoms with Crippen LogP contribution in [0.5, 0.6) is 11.5 Å². The van der Waals surface area contributed by atoms with Crippen molar-refractivity contribution in [2.75, 3.05) is 19.5 Å². The lowest BCUT2D eigenvalue weighted by molar-refractivity contribution is -0.115. The van der Waals surface area contributed by atoms with Crippen molar-refractivity contribution < 1.29 is 14.3 Å². The Bertz CT molecular complexity index is 876. The van der Waals surface area contributed by atoms with Gasteiger partial charge in [0.05, 0.1) is 20.6 Å². The van der Waals surface area contributed by atoms with Gasteiger partial charge in [-0.15, -0.1) is 0 Å². The van der Waals surface area contributed by atoms with Gasteiger partial charge in [0.1, 0.15) is 21.7 Å². The number of hydrogen-bond acceptors (Lipinski definition) is 5. The van der Waals surface area contributed by atoms with Crippen LogP contribution in [0.2, 0.25) is 0 Å². The highest BCUT2D eigenvalue weighted by molar-refractivity contribution is 7.22. The first-order valence-corrected chi connectivity index (χ1v) is 9.23. The van der Waals surface area contributed by atoms with Crippen LogP contribution in [0.3, 0.4) is 0 Å². The van der Waals surface area contributed by atoms with Crippen LogP contribution in [-0.2, 0) is 11.2 Å². The molecule has 1 heterocycles. The lowest BCUT2D eigenvalue weighted by Gasteiger charge is -2.06. The Hall–Kier alpha value is -2.60. The van der Waals surface area contributed by atoms with Crippen LogP contribution in [0.4, 0.5) is 5.13 Å². The van der Waals surface area contributed by atoms with Crippen LogP contribution in [0.1, 0.15) is 30.9 Å². The Morgan fingerprint density at radius 2 is 1.73 bits per heavy atom. The monoisotopic (exact) mass is 370 g/mol. The van der Waals surface area contributed by atoms with Gasteiger partial charge in [-0.2, -0.15) is 0 Å². The molecule has 5 nitrogen and oxygen atoms in total. The summed E-state index contributed by atoms with van der Waals surface area (Å²) in [7, 11) is 3.21. The molecule has 0 saturated heterocycles. The smallest absolute Gasteiger partial charge is 0.230 e. The molecule has 0 spiro atoms. The number of anilines is 1. The van der Waals surface area contributed by atoms with E-state index in [9.17, 15) is 4.79 Å². The first kappa shape index (κ1) is 18.2. The Labute approximate surface area is 157 Å². The van der Waals surface area contributed by atoms with Gasteiger partial charge in [0, 0.05) is 0 Å². The summed E-state index contributed by atoms with van der Waals surface area (Å²) in [6.45, 7) is 4.30. The van der Waals surface area contributed by atoms with Crippen LogP contribution >= 0.6 is 11.3 Å². The van der Waals surface area contributed by atoms with E-state index in [0.717, 1.165) is 10.3 Å². The van der Waals surface area contributed by atoms with Gasteiger partial charge in [-0.25, -0.2) is 4.98 Å². The third kappa shape index (κ3) is 3.80. The minimum absolute atomic E-state index is 0.0979. The molecule has 1 aromatic heterocycles. The SMILES string of the molecule is COc1ccc(OC)c2sc(NC(=O)Cc3ccc(C(C)C)cc3)nc12. The van der Waals surface area contributed by atoms with Crippen LogP contribution in [0.25, 0.3) is 10.2 Å². The predicted molar refractivity (Wildman–Crippen MR) is 106 cm³/mol. The average molecular weight is 370 g/mol. The maximum atomic E-state index is 12.4. The van der Waals surface area contributed by atoms with Crippen molar-refractivity contribution >= 4 is 32.6 Å². The quantitative estimate of drug-likeness (QED) is 0.688. The number of methoxy groups -OCH3 is 2. The lowest BCUT2D eigenvalue weighted by Crippen LogP contribution is -2.14. The number of nitrogens with zero attached hydrogens (tertiary/aromatic N) is 1. The topological polar surface area (TPSA) is 60.5 Å². The van der Waals surface area contributed by atoms with Crippen molar-refractivity contribution in [3.63, 3.8) is 0 Å². The Kier molecular flexibility index (Phi) is 5.42. The highest BCUT2D eigenvalue weighted by Gasteiger charge is 2.15. The highest BCUT2D eigenvalue weighted by atomic mass is 32.1. The second-order valence-electron chi connectivity index (χ2n) is 6.29. The second kappa shape index (κ2) is 7.74. The van der Waals surface area contributed by atoms with Crippen LogP contribution < -0.4 is 14.8 Å². The molecule has 1 amide bonds. The summed E-state index contributed by atoms with van der Waals surface area (Å²) in [6.07, 6.45) is 0.308. The van der Waals surface area contributed by atoms with Crippen molar-refractivity contribution in [2.24, 2.45) is 0 Å². The molecule has 0 saturated carbocycles. The summed E-state index contributed by atoms with van der Waals surface area (Å²) in [4.78, 5) is 16.9. The molecule has 3 aromatic rings. The molecule has 0 atom stereocenters. The van der Waals surface area contributed by atoms with E-state index in [0.29, 0.717) is 34.5 Å². The fraction of sp³-hybridized carbons (Fsp3) is 0.300. The van der Waals surface area contributed by atoms with Crippen LogP contribution in [0.15, 0.2) is 36.4 Å². The van der Waals surface area contributed by atoms with Gasteiger partial charge >= 0.3 is 0 Å². The van der Waals surface area contributed by atoms with E-state index < -0.39 is 0 Å². The molecule has 0 aliphatic heterocycles. The number of amides is 1. The largest absolute Gasteiger partial charge is 0.495 e. The molecule has 0 bridgehead atoms. The first-order valence-electron chi connectivity index (χ1n) is 8.42. The van der Waals surface area contributed by atoms with E-state index in [2.05, 4.69) is 36.3 Å². The molecule has 2 aromatic carbocycles. The highest BCUT2D eigenvalue weighted by Crippen LogP contribution is 2.38. The summed E-state index contributed by atoms with van der Waals surface area (Å²) in [5.41, 5.74) is 2.93. The van der Waals surface area contributed by atoms with Crippen molar-refractivity contribution in [2.45, 2.75) is 26.2 Å². The van der Waals surface area contributed by atoms with Crippen molar-refractivity contribution in [1.82, 2.24) is 4.98 Å². The van der Waals surface area contributed by atoms with E-state index in [1.807, 2.05) is 24.3 Å². The number of fused-ring (bicyclic) bond motifs is 1. The molecule has 3 rings (SSSR count). The fourth-order valence-corrected chi connectivity index (χ4v) is 3.70. The normalized spacial score (nSPS) is 11.0. The summed E-state index contributed by atoms with van der Waals surface area (Å²) in [5, 5.41) is 3.41. The molecular weight excluding hydrogens is 348 g/mol. The van der Waals surface area contributed by atoms with E-state index >= 15 is 0 Å². The minimum Gasteiger partial charge on any atom is -0.495 e. The minimum atomic E-state index is -0.0979. The summed E-state index contributed by atoms with van der Waals surface area (Å²) < 4.78 is 11.6. The van der Waals surface area contributed by atoms with Gasteiger partial charge in [0.25, 0.3) is 0 Å². The maximum Gasteiger partial charge on any atom is 0.230 e. The van der Waals surface area contributed by atoms with Gasteiger partial charge < -0.3 is 14.8 Å². The average Bonchev–Trinajstić information content (AvgIpc) is 3.04. The molecule has 0 radical (unpaired) electrons. The zero-order chi connectivity index (χ0) is 18.7. The molecule has 1 N–H and O–H groups in total. The van der Waals surface area contributed by atoms with E-state index in [4.69, 9.17) is 9.47 Å². The van der Waals surface area contributed by atoms with Gasteiger partial charge in [0.15, 0.2) is 5.13 Å². The zero-order valence-corrected chi connectivity index (χ0v) is 16.1. The molecule has 26 heavy (non-hydrogen) atoms. The molecule has 0 aliphatic carbocycles. The number of carbonyl (C=O) groups is 1. The fourth-order valence-electron chi connectivity index (χ4n) is 2.71. The third-order valence-corrected chi connectivity index (χ3v) is 5.15. The van der Waals surface area contributed by atoms with Gasteiger partial charge in [-0.1, -0.05) is 49.4 Å². The summed E-state index contributed by atoms with van der Waals surface area (Å²) in [5.74, 6) is 1.75. The van der Waals surface area contributed by atoms with Gasteiger partial charge in [0.2, 0.25) is 5.91 Å². The van der Waals surface area contributed by atoms with Gasteiger partial charge in [-0.05, 0) is 29.2 Å². The number of rotatable bonds is 6. The predicted octanol–water partition coefficient (Wildman–Crippen LogP) is 4.62. The standard InChI is InChI=1S/C20H22N2O3S/c1-12(2)14-7-5-13(6-8-14)11-17(23)21-20-22-18-15(24-3)9-10-16(25-4)19(18)26-20/h5-10,12H,11H2,1-4H3,(H,21,22,23). The number of benzene rings is 2. The summed E-state index contributed by atoms with van der Waals surface area (Å²) in [6, 6.07) is 11.8. The summed E-state index contributed by atoms with van der Waals surface area (Å²) >= 11 is 1.38. The number of ether oxygens (including phenoxy) is 2. The molecule has 0 fully saturated rings. The Morgan fingerprint density at radius 3 is 2.35 bits per heavy atom. The molecule has 0 unspecified atom stereocenters. The molecular formula is C20H22N2O3S. The number of carbonyl (C=O) groups excluding carboxylic acids is 1. The number of thiazole rings is 1. The van der Waals surface area contributed by atoms with E-state index in [1.54, 1.807) is 14.2 Å². The van der Waals surface area contributed by atoms with Crippen molar-refractivity contribution in [1.29, 1.82) is 0 Å². The molecule has 136 valence electrons. The Balaban J connectivity index is 1.76. The number of nitrogens with one attached hydrogen (secondary N) is 1. The second-order valence-corrected chi connectivity index (χ2v) is 7.29. The maximum absolute atomic E-state index is 12.4. The number of hydrogen-bond donors (Lipinski definition) is 1. The third-order valence-electron chi connectivity index (χ3n) is 4.17. The van der Waals surface area contributed by atoms with Crippen LogP contribution in [-0.4, -0.2) is 25.1 Å². The van der Waals surface area contributed by atoms with Crippen molar-refractivity contribution in [3.05, 3.63) is 47.5 Å². The van der Waals surface area contributed by atoms with Crippen molar-refractivity contribution in [3.8, 4) is 11.5 Å². The van der Waals surface area contributed by atoms with E-state index in [1.165, 1.54) is 16.9 Å². The molecule has 6 heteroatoms. The molecule has 0 aliphatic rings. The van der Waals surface area contributed by atoms with Gasteiger partial charge in [-0.3, -0.25) is 4.79 Å². The number of aromatic nitrogens is 1. The first-order chi connectivity index (χ1) is 12.5.